The van der Waals surface area contributed by atoms with Gasteiger partial charge in [-0.05, 0) is 49.0 Å². The lowest BCUT2D eigenvalue weighted by molar-refractivity contribution is -0.153. The van der Waals surface area contributed by atoms with Crippen LogP contribution < -0.4 is 4.74 Å². The number of halogens is 3. The van der Waals surface area contributed by atoms with Crippen LogP contribution in [-0.4, -0.2) is 36.5 Å². The van der Waals surface area contributed by atoms with Crippen molar-refractivity contribution in [2.24, 2.45) is 0 Å². The van der Waals surface area contributed by atoms with Gasteiger partial charge in [0.05, 0.1) is 27.6 Å². The normalized spacial score (nSPS) is 12.5. The van der Waals surface area contributed by atoms with E-state index in [1.54, 1.807) is 19.2 Å². The summed E-state index contributed by atoms with van der Waals surface area (Å²) in [5.41, 5.74) is 4.76. The molecule has 2 aromatic carbocycles. The Morgan fingerprint density at radius 3 is 2.55 bits per heavy atom. The molecule has 0 unspecified atom stereocenters. The molecule has 33 heavy (non-hydrogen) atoms. The number of benzene rings is 2. The second kappa shape index (κ2) is 7.17. The monoisotopic (exact) mass is 467 g/mol. The maximum atomic E-state index is 12.8. The summed E-state index contributed by atoms with van der Waals surface area (Å²) in [5, 5.41) is 1.46. The number of nitrogens with zero attached hydrogens (tertiary/aromatic N) is 4. The molecule has 0 bridgehead atoms. The second-order valence-corrected chi connectivity index (χ2v) is 8.61. The fourth-order valence-corrected chi connectivity index (χ4v) is 5.14. The molecule has 0 saturated carbocycles. The number of H-pyrrole nitrogens is 1. The number of aromatic nitrogens is 5. The molecule has 0 radical (unpaired) electrons. The Kier molecular flexibility index (Phi) is 4.34. The van der Waals surface area contributed by atoms with Crippen LogP contribution in [0.15, 0.2) is 71.0 Å². The van der Waals surface area contributed by atoms with Gasteiger partial charge in [0.15, 0.2) is 11.8 Å². The minimum absolute atomic E-state index is 0.177. The highest BCUT2D eigenvalue weighted by atomic mass is 32.2. The molecular weight excluding hydrogens is 451 g/mol. The van der Waals surface area contributed by atoms with E-state index in [0.717, 1.165) is 27.1 Å². The predicted molar refractivity (Wildman–Crippen MR) is 120 cm³/mol. The number of aromatic amines is 1. The molecule has 0 aliphatic heterocycles. The lowest BCUT2D eigenvalue weighted by Gasteiger charge is -2.12. The van der Waals surface area contributed by atoms with Gasteiger partial charge in [-0.15, -0.1) is 0 Å². The molecule has 4 heterocycles. The van der Waals surface area contributed by atoms with Crippen molar-refractivity contribution in [3.8, 4) is 5.75 Å². The number of hydrogen-bond donors (Lipinski definition) is 1. The zero-order chi connectivity index (χ0) is 22.7. The van der Waals surface area contributed by atoms with Gasteiger partial charge < -0.3 is 9.72 Å². The Balaban J connectivity index is 1.60. The van der Waals surface area contributed by atoms with E-state index in [0.29, 0.717) is 22.0 Å². The first-order valence-corrected chi connectivity index (χ1v) is 10.9. The first-order valence-electron chi connectivity index (χ1n) is 10.1. The van der Waals surface area contributed by atoms with E-state index < -0.39 is 12.8 Å². The summed E-state index contributed by atoms with van der Waals surface area (Å²) in [6.45, 7) is 0.405. The molecular formula is C23H16F3N5OS. The highest BCUT2D eigenvalue weighted by Crippen LogP contribution is 2.39. The van der Waals surface area contributed by atoms with Gasteiger partial charge in [0, 0.05) is 11.8 Å². The first kappa shape index (κ1) is 20.0. The molecule has 6 nitrogen and oxygen atoms in total. The number of aryl methyl sites for hydroxylation is 1. The molecule has 166 valence electrons. The van der Waals surface area contributed by atoms with Crippen LogP contribution in [0.4, 0.5) is 13.2 Å². The van der Waals surface area contributed by atoms with Crippen LogP contribution in [0.25, 0.3) is 33.4 Å². The smallest absolute Gasteiger partial charge is 0.422 e. The van der Waals surface area contributed by atoms with Crippen molar-refractivity contribution in [1.82, 2.24) is 23.8 Å². The quantitative estimate of drug-likeness (QED) is 0.345. The fraction of sp³-hybridized carbons (Fsp3) is 0.130. The zero-order valence-electron chi connectivity index (χ0n) is 17.2. The van der Waals surface area contributed by atoms with E-state index in [4.69, 9.17) is 9.72 Å². The molecule has 6 rings (SSSR count). The van der Waals surface area contributed by atoms with Crippen LogP contribution in [0.2, 0.25) is 0 Å². The summed E-state index contributed by atoms with van der Waals surface area (Å²) >= 11 is 1.40. The van der Waals surface area contributed by atoms with Crippen molar-refractivity contribution in [2.45, 2.75) is 23.3 Å². The van der Waals surface area contributed by atoms with Crippen molar-refractivity contribution in [3.05, 3.63) is 66.4 Å². The number of pyridine rings is 1. The number of imidazole rings is 3. The minimum atomic E-state index is -4.42. The lowest BCUT2D eigenvalue weighted by Crippen LogP contribution is -2.19. The van der Waals surface area contributed by atoms with E-state index in [2.05, 4.69) is 9.97 Å². The molecule has 10 heteroatoms. The van der Waals surface area contributed by atoms with E-state index in [1.165, 1.54) is 11.8 Å². The topological polar surface area (TPSA) is 59.6 Å². The van der Waals surface area contributed by atoms with Gasteiger partial charge in [0.2, 0.25) is 5.78 Å². The van der Waals surface area contributed by atoms with Gasteiger partial charge >= 0.3 is 6.18 Å². The third-order valence-corrected chi connectivity index (χ3v) is 6.41. The van der Waals surface area contributed by atoms with Gasteiger partial charge in [-0.2, -0.15) is 13.2 Å². The van der Waals surface area contributed by atoms with Crippen molar-refractivity contribution in [1.29, 1.82) is 0 Å². The van der Waals surface area contributed by atoms with E-state index in [-0.39, 0.29) is 5.75 Å². The Morgan fingerprint density at radius 2 is 1.76 bits per heavy atom. The number of ether oxygens (including phenoxy) is 1. The van der Waals surface area contributed by atoms with E-state index in [9.17, 15) is 13.2 Å². The van der Waals surface area contributed by atoms with Crippen LogP contribution in [0.5, 0.6) is 5.75 Å². The summed E-state index contributed by atoms with van der Waals surface area (Å²) in [7, 11) is 0. The van der Waals surface area contributed by atoms with E-state index >= 15 is 0 Å². The molecule has 0 amide bonds. The average molecular weight is 467 g/mol. The SMILES string of the molecule is Cc1c(OCC(F)(F)F)ccn2c1c(Sc1nc3ccccc3[nH]1)n1c3ccccc3nc21. The molecule has 6 aromatic rings. The number of fused-ring (bicyclic) bond motifs is 6. The predicted octanol–water partition coefficient (Wildman–Crippen LogP) is 6.02. The maximum absolute atomic E-state index is 12.8. The molecule has 0 atom stereocenters. The Bertz CT molecular complexity index is 1630. The molecule has 0 aliphatic carbocycles. The summed E-state index contributed by atoms with van der Waals surface area (Å²) in [4.78, 5) is 12.7. The second-order valence-electron chi connectivity index (χ2n) is 7.63. The van der Waals surface area contributed by atoms with Crippen LogP contribution >= 0.6 is 11.8 Å². The summed E-state index contributed by atoms with van der Waals surface area (Å²) in [5.74, 6) is 0.839. The van der Waals surface area contributed by atoms with Gasteiger partial charge in [-0.1, -0.05) is 24.3 Å². The maximum Gasteiger partial charge on any atom is 0.422 e. The number of nitrogens with one attached hydrogen (secondary N) is 1. The van der Waals surface area contributed by atoms with Crippen LogP contribution in [-0.2, 0) is 0 Å². The number of hydrogen-bond acceptors (Lipinski definition) is 4. The molecule has 4 aromatic heterocycles. The largest absolute Gasteiger partial charge is 0.484 e. The molecule has 0 spiro atoms. The van der Waals surface area contributed by atoms with Crippen molar-refractivity contribution in [3.63, 3.8) is 0 Å². The Morgan fingerprint density at radius 1 is 1.00 bits per heavy atom. The van der Waals surface area contributed by atoms with Crippen molar-refractivity contribution in [2.75, 3.05) is 6.61 Å². The molecule has 1 N–H and O–H groups in total. The zero-order valence-corrected chi connectivity index (χ0v) is 18.0. The van der Waals surface area contributed by atoms with Crippen LogP contribution in [0.3, 0.4) is 0 Å². The number of alkyl halides is 3. The number of para-hydroxylation sites is 4. The summed E-state index contributed by atoms with van der Waals surface area (Å²) in [6, 6.07) is 17.0. The van der Waals surface area contributed by atoms with Crippen molar-refractivity contribution < 1.29 is 17.9 Å². The summed E-state index contributed by atoms with van der Waals surface area (Å²) in [6.07, 6.45) is -2.73. The highest BCUT2D eigenvalue weighted by Gasteiger charge is 2.29. The van der Waals surface area contributed by atoms with Gasteiger partial charge in [-0.25, -0.2) is 9.97 Å². The average Bonchev–Trinajstić information content (AvgIpc) is 3.44. The third kappa shape index (κ3) is 3.29. The molecule has 0 fully saturated rings. The Hall–Kier alpha value is -3.66. The summed E-state index contributed by atoms with van der Waals surface area (Å²) < 4.78 is 47.4. The number of rotatable bonds is 4. The highest BCUT2D eigenvalue weighted by molar-refractivity contribution is 7.99. The fourth-order valence-electron chi connectivity index (χ4n) is 4.03. The van der Waals surface area contributed by atoms with Crippen LogP contribution in [0, 0.1) is 6.92 Å². The van der Waals surface area contributed by atoms with Gasteiger partial charge in [-0.3, -0.25) is 8.80 Å². The standard InChI is InChI=1S/C23H16F3N5OS/c1-13-18(32-12-23(24,25)26)10-11-30-19(13)20(31-17-9-5-4-8-16(17)29-22(30)31)33-21-27-14-6-2-3-7-15(14)28-21/h2-11H,12H2,1H3,(H,27,28). The molecule has 0 saturated heterocycles. The third-order valence-electron chi connectivity index (χ3n) is 5.46. The Labute approximate surface area is 189 Å². The van der Waals surface area contributed by atoms with Gasteiger partial charge in [0.1, 0.15) is 10.8 Å². The minimum Gasteiger partial charge on any atom is -0.484 e. The molecule has 0 aliphatic rings. The van der Waals surface area contributed by atoms with E-state index in [1.807, 2.05) is 57.3 Å². The first-order chi connectivity index (χ1) is 15.9. The van der Waals surface area contributed by atoms with Crippen molar-refractivity contribution >= 4 is 45.1 Å². The van der Waals surface area contributed by atoms with Crippen LogP contribution in [0.1, 0.15) is 5.56 Å². The lowest BCUT2D eigenvalue weighted by atomic mass is 10.2. The van der Waals surface area contributed by atoms with Gasteiger partial charge in [0.25, 0.3) is 0 Å².